The fourth-order valence-electron chi connectivity index (χ4n) is 1.93. The summed E-state index contributed by atoms with van der Waals surface area (Å²) in [4.78, 5) is 26.4. The summed E-state index contributed by atoms with van der Waals surface area (Å²) in [6.45, 7) is 2.66. The van der Waals surface area contributed by atoms with Crippen LogP contribution in [0, 0.1) is 0 Å². The van der Waals surface area contributed by atoms with E-state index < -0.39 is 17.9 Å². The number of carbonyl (C=O) groups excluding carboxylic acids is 2. The SMILES string of the molecule is CC(O)c1cccc(N2CCN(C)C(=O)C2=O)c1. The number of piperazine rings is 1. The Morgan fingerprint density at radius 1 is 1.22 bits per heavy atom. The molecule has 5 nitrogen and oxygen atoms in total. The van der Waals surface area contributed by atoms with Crippen molar-refractivity contribution in [1.29, 1.82) is 0 Å². The molecule has 0 aliphatic carbocycles. The van der Waals surface area contributed by atoms with Gasteiger partial charge in [-0.15, -0.1) is 0 Å². The number of amides is 2. The topological polar surface area (TPSA) is 60.9 Å². The molecule has 0 bridgehead atoms. The van der Waals surface area contributed by atoms with Crippen molar-refractivity contribution in [2.45, 2.75) is 13.0 Å². The Labute approximate surface area is 106 Å². The van der Waals surface area contributed by atoms with Crippen molar-refractivity contribution < 1.29 is 14.7 Å². The van der Waals surface area contributed by atoms with E-state index in [1.165, 1.54) is 9.80 Å². The second-order valence-electron chi connectivity index (χ2n) is 4.45. The van der Waals surface area contributed by atoms with Crippen molar-refractivity contribution in [3.05, 3.63) is 29.8 Å². The van der Waals surface area contributed by atoms with Gasteiger partial charge in [0.25, 0.3) is 0 Å². The number of aliphatic hydroxyl groups is 1. The lowest BCUT2D eigenvalue weighted by molar-refractivity contribution is -0.145. The molecule has 1 N–H and O–H groups in total. The monoisotopic (exact) mass is 248 g/mol. The highest BCUT2D eigenvalue weighted by Crippen LogP contribution is 2.22. The summed E-state index contributed by atoms with van der Waals surface area (Å²) >= 11 is 0. The van der Waals surface area contributed by atoms with Crippen molar-refractivity contribution in [3.63, 3.8) is 0 Å². The standard InChI is InChI=1S/C13H16N2O3/c1-9(16)10-4-3-5-11(8-10)15-7-6-14(2)12(17)13(15)18/h3-5,8-9,16H,6-7H2,1-2H3. The molecule has 1 fully saturated rings. The lowest BCUT2D eigenvalue weighted by atomic mass is 10.1. The largest absolute Gasteiger partial charge is 0.389 e. The normalized spacial score (nSPS) is 18.2. The van der Waals surface area contributed by atoms with Gasteiger partial charge < -0.3 is 14.9 Å². The quantitative estimate of drug-likeness (QED) is 0.777. The number of likely N-dealkylation sites (N-methyl/N-ethyl adjacent to an activating group) is 1. The summed E-state index contributed by atoms with van der Waals surface area (Å²) in [6.07, 6.45) is -0.594. The van der Waals surface area contributed by atoms with Crippen LogP contribution in [0.1, 0.15) is 18.6 Å². The molecule has 1 heterocycles. The van der Waals surface area contributed by atoms with Gasteiger partial charge in [-0.25, -0.2) is 0 Å². The van der Waals surface area contributed by atoms with E-state index in [2.05, 4.69) is 0 Å². The molecule has 0 radical (unpaired) electrons. The molecule has 0 saturated carbocycles. The zero-order chi connectivity index (χ0) is 13.3. The predicted octanol–water partition coefficient (Wildman–Crippen LogP) is 0.545. The second-order valence-corrected chi connectivity index (χ2v) is 4.45. The minimum Gasteiger partial charge on any atom is -0.389 e. The lowest BCUT2D eigenvalue weighted by Crippen LogP contribution is -2.53. The van der Waals surface area contributed by atoms with Gasteiger partial charge in [0, 0.05) is 25.8 Å². The molecule has 1 unspecified atom stereocenters. The summed E-state index contributed by atoms with van der Waals surface area (Å²) < 4.78 is 0. The maximum Gasteiger partial charge on any atom is 0.316 e. The fraction of sp³-hybridized carbons (Fsp3) is 0.385. The van der Waals surface area contributed by atoms with Crippen molar-refractivity contribution in [2.75, 3.05) is 25.0 Å². The van der Waals surface area contributed by atoms with E-state index in [0.29, 0.717) is 18.8 Å². The van der Waals surface area contributed by atoms with Crippen LogP contribution in [0.4, 0.5) is 5.69 Å². The van der Waals surface area contributed by atoms with Gasteiger partial charge in [0.05, 0.1) is 6.10 Å². The highest BCUT2D eigenvalue weighted by Gasteiger charge is 2.31. The molecule has 0 aromatic heterocycles. The Balaban J connectivity index is 2.29. The first-order valence-electron chi connectivity index (χ1n) is 5.85. The molecule has 1 aromatic rings. The molecule has 1 atom stereocenters. The van der Waals surface area contributed by atoms with Crippen molar-refractivity contribution in [1.82, 2.24) is 4.90 Å². The van der Waals surface area contributed by atoms with Crippen molar-refractivity contribution in [3.8, 4) is 0 Å². The Kier molecular flexibility index (Phi) is 3.34. The Morgan fingerprint density at radius 3 is 2.61 bits per heavy atom. The number of nitrogens with zero attached hydrogens (tertiary/aromatic N) is 2. The van der Waals surface area contributed by atoms with E-state index in [1.54, 1.807) is 38.2 Å². The van der Waals surface area contributed by atoms with Crippen LogP contribution in [0.25, 0.3) is 0 Å². The van der Waals surface area contributed by atoms with E-state index in [0.717, 1.165) is 5.56 Å². The minimum absolute atomic E-state index is 0.477. The van der Waals surface area contributed by atoms with Crippen LogP contribution in [0.5, 0.6) is 0 Å². The average molecular weight is 248 g/mol. The molecule has 1 aliphatic rings. The number of anilines is 1. The maximum atomic E-state index is 11.9. The Morgan fingerprint density at radius 2 is 1.94 bits per heavy atom. The zero-order valence-corrected chi connectivity index (χ0v) is 10.5. The molecule has 1 saturated heterocycles. The fourth-order valence-corrected chi connectivity index (χ4v) is 1.93. The molecule has 0 spiro atoms. The highest BCUT2D eigenvalue weighted by atomic mass is 16.3. The zero-order valence-electron chi connectivity index (χ0n) is 10.5. The van der Waals surface area contributed by atoms with Gasteiger partial charge in [0.1, 0.15) is 0 Å². The first-order chi connectivity index (χ1) is 8.50. The van der Waals surface area contributed by atoms with Crippen LogP contribution in [0.3, 0.4) is 0 Å². The number of hydrogen-bond acceptors (Lipinski definition) is 3. The van der Waals surface area contributed by atoms with E-state index in [9.17, 15) is 14.7 Å². The van der Waals surface area contributed by atoms with Gasteiger partial charge in [-0.1, -0.05) is 12.1 Å². The first kappa shape index (κ1) is 12.6. The number of hydrogen-bond donors (Lipinski definition) is 1. The molecule has 1 aromatic carbocycles. The molecule has 2 amide bonds. The summed E-state index contributed by atoms with van der Waals surface area (Å²) in [5.74, 6) is -1.02. The van der Waals surface area contributed by atoms with E-state index in [1.807, 2.05) is 0 Å². The number of benzene rings is 1. The molecule has 96 valence electrons. The molecular formula is C13H16N2O3. The Bertz CT molecular complexity index is 485. The van der Waals surface area contributed by atoms with Gasteiger partial charge in [-0.2, -0.15) is 0 Å². The summed E-state index contributed by atoms with van der Waals surface area (Å²) in [6, 6.07) is 7.06. The lowest BCUT2D eigenvalue weighted by Gasteiger charge is -2.31. The average Bonchev–Trinajstić information content (AvgIpc) is 2.36. The summed E-state index contributed by atoms with van der Waals surface area (Å²) in [5.41, 5.74) is 1.38. The number of rotatable bonds is 2. The van der Waals surface area contributed by atoms with E-state index in [4.69, 9.17) is 0 Å². The first-order valence-corrected chi connectivity index (χ1v) is 5.85. The summed E-state index contributed by atoms with van der Waals surface area (Å²) in [7, 11) is 1.61. The van der Waals surface area contributed by atoms with E-state index in [-0.39, 0.29) is 0 Å². The molecule has 18 heavy (non-hydrogen) atoms. The highest BCUT2D eigenvalue weighted by molar-refractivity contribution is 6.40. The van der Waals surface area contributed by atoms with Crippen LogP contribution in [0.2, 0.25) is 0 Å². The molecule has 1 aliphatic heterocycles. The van der Waals surface area contributed by atoms with Gasteiger partial charge in [0.15, 0.2) is 0 Å². The Hall–Kier alpha value is -1.88. The molecule has 5 heteroatoms. The predicted molar refractivity (Wildman–Crippen MR) is 67.1 cm³/mol. The molecular weight excluding hydrogens is 232 g/mol. The third-order valence-corrected chi connectivity index (χ3v) is 3.10. The van der Waals surface area contributed by atoms with Crippen molar-refractivity contribution >= 4 is 17.5 Å². The third kappa shape index (κ3) is 2.22. The van der Waals surface area contributed by atoms with E-state index >= 15 is 0 Å². The maximum absolute atomic E-state index is 11.9. The van der Waals surface area contributed by atoms with Gasteiger partial charge in [0.2, 0.25) is 0 Å². The second kappa shape index (κ2) is 4.78. The number of aliphatic hydroxyl groups excluding tert-OH is 1. The molecule has 2 rings (SSSR count). The minimum atomic E-state index is -0.594. The summed E-state index contributed by atoms with van der Waals surface area (Å²) in [5, 5.41) is 9.53. The number of carbonyl (C=O) groups is 2. The van der Waals surface area contributed by atoms with Crippen molar-refractivity contribution in [2.24, 2.45) is 0 Å². The van der Waals surface area contributed by atoms with Gasteiger partial charge >= 0.3 is 11.8 Å². The van der Waals surface area contributed by atoms with Gasteiger partial charge in [-0.05, 0) is 24.6 Å². The van der Waals surface area contributed by atoms with Gasteiger partial charge in [-0.3, -0.25) is 9.59 Å². The van der Waals surface area contributed by atoms with Crippen LogP contribution in [0.15, 0.2) is 24.3 Å². The third-order valence-electron chi connectivity index (χ3n) is 3.10. The van der Waals surface area contributed by atoms with Crippen LogP contribution in [-0.2, 0) is 9.59 Å². The smallest absolute Gasteiger partial charge is 0.316 e. The van der Waals surface area contributed by atoms with Crippen LogP contribution >= 0.6 is 0 Å². The van der Waals surface area contributed by atoms with Crippen LogP contribution in [-0.4, -0.2) is 42.0 Å². The van der Waals surface area contributed by atoms with Crippen LogP contribution < -0.4 is 4.90 Å².